The minimum absolute atomic E-state index is 0.0278. The molecule has 0 spiro atoms. The van der Waals surface area contributed by atoms with Crippen LogP contribution in [0, 0.1) is 18.3 Å². The van der Waals surface area contributed by atoms with Crippen LogP contribution >= 0.6 is 11.3 Å². The number of aromatic carboxylic acids is 1. The molecule has 2 aromatic rings. The molecule has 11 heteroatoms. The van der Waals surface area contributed by atoms with Gasteiger partial charge in [0.15, 0.2) is 0 Å². The molecule has 2 rings (SSSR count). The van der Waals surface area contributed by atoms with E-state index in [0.717, 1.165) is 17.8 Å². The molecule has 0 amide bonds. The SMILES string of the molecule is CCCCN(CCO)S(=O)(=O)c1cc(C(=O)[As]c2ccc(C#N)cc2C(=O)O)sc1C. The minimum atomic E-state index is -3.87. The summed E-state index contributed by atoms with van der Waals surface area (Å²) in [4.78, 5) is 25.1. The number of carboxylic acid groups (broad SMARTS) is 1. The molecule has 31 heavy (non-hydrogen) atoms. The van der Waals surface area contributed by atoms with Crippen molar-refractivity contribution in [2.45, 2.75) is 31.6 Å². The van der Waals surface area contributed by atoms with E-state index in [1.807, 2.05) is 13.0 Å². The Morgan fingerprint density at radius 3 is 2.55 bits per heavy atom. The van der Waals surface area contributed by atoms with Crippen molar-refractivity contribution in [3.8, 4) is 6.07 Å². The molecule has 0 saturated carbocycles. The van der Waals surface area contributed by atoms with Gasteiger partial charge < -0.3 is 0 Å². The second-order valence-corrected chi connectivity index (χ2v) is 12.1. The molecule has 165 valence electrons. The fourth-order valence-corrected chi connectivity index (χ4v) is 7.92. The molecule has 1 aromatic heterocycles. The Bertz CT molecular complexity index is 1120. The van der Waals surface area contributed by atoms with Gasteiger partial charge in [-0.2, -0.15) is 0 Å². The van der Waals surface area contributed by atoms with Gasteiger partial charge in [0.2, 0.25) is 0 Å². The van der Waals surface area contributed by atoms with Gasteiger partial charge in [-0.3, -0.25) is 0 Å². The van der Waals surface area contributed by atoms with Crippen molar-refractivity contribution in [3.05, 3.63) is 45.1 Å². The van der Waals surface area contributed by atoms with Crippen LogP contribution in [0.15, 0.2) is 29.2 Å². The number of aryl methyl sites for hydroxylation is 1. The zero-order valence-corrected chi connectivity index (χ0v) is 20.5. The van der Waals surface area contributed by atoms with Crippen molar-refractivity contribution in [2.24, 2.45) is 0 Å². The summed E-state index contributed by atoms with van der Waals surface area (Å²) >= 11 is -0.192. The molecule has 0 bridgehead atoms. The van der Waals surface area contributed by atoms with E-state index in [-0.39, 0.29) is 45.2 Å². The quantitative estimate of drug-likeness (QED) is 0.425. The second-order valence-electron chi connectivity index (χ2n) is 6.58. The third-order valence-electron chi connectivity index (χ3n) is 4.39. The number of nitriles is 1. The van der Waals surface area contributed by atoms with Gasteiger partial charge in [0.25, 0.3) is 0 Å². The molecular weight excluding hydrogens is 503 g/mol. The number of carbonyl (C=O) groups is 2. The van der Waals surface area contributed by atoms with E-state index in [1.54, 1.807) is 6.92 Å². The Morgan fingerprint density at radius 2 is 1.97 bits per heavy atom. The van der Waals surface area contributed by atoms with Crippen LogP contribution in [0.2, 0.25) is 0 Å². The van der Waals surface area contributed by atoms with Gasteiger partial charge in [-0.1, -0.05) is 0 Å². The van der Waals surface area contributed by atoms with Crippen LogP contribution in [0.1, 0.15) is 50.2 Å². The number of sulfonamides is 1. The number of nitrogens with zero attached hydrogens (tertiary/aromatic N) is 2. The van der Waals surface area contributed by atoms with Crippen molar-refractivity contribution >= 4 is 52.0 Å². The number of carbonyl (C=O) groups excluding carboxylic acids is 1. The molecule has 8 nitrogen and oxygen atoms in total. The average molecular weight is 525 g/mol. The molecule has 2 N–H and O–H groups in total. The summed E-state index contributed by atoms with van der Waals surface area (Å²) in [7, 11) is -3.87. The molecule has 0 unspecified atom stereocenters. The Hall–Kier alpha value is -2.02. The van der Waals surface area contributed by atoms with Gasteiger partial charge in [0.05, 0.1) is 0 Å². The summed E-state index contributed by atoms with van der Waals surface area (Å²) in [6, 6.07) is 7.37. The number of unbranched alkanes of at least 4 members (excludes halogenated alkanes) is 1. The number of hydrogen-bond donors (Lipinski definition) is 2. The summed E-state index contributed by atoms with van der Waals surface area (Å²) < 4.78 is 27.4. The molecule has 1 radical (unpaired) electrons. The second kappa shape index (κ2) is 11.0. The van der Waals surface area contributed by atoms with E-state index in [0.29, 0.717) is 15.6 Å². The number of rotatable bonds is 11. The van der Waals surface area contributed by atoms with Gasteiger partial charge in [-0.25, -0.2) is 0 Å². The van der Waals surface area contributed by atoms with Crippen molar-refractivity contribution < 1.29 is 28.2 Å². The molecule has 1 aromatic carbocycles. The Morgan fingerprint density at radius 1 is 1.26 bits per heavy atom. The van der Waals surface area contributed by atoms with Gasteiger partial charge in [0, 0.05) is 0 Å². The zero-order valence-electron chi connectivity index (χ0n) is 17.0. The van der Waals surface area contributed by atoms with Gasteiger partial charge >= 0.3 is 192 Å². The number of aliphatic hydroxyl groups excluding tert-OH is 1. The van der Waals surface area contributed by atoms with Crippen LogP contribution in [0.3, 0.4) is 0 Å². The zero-order chi connectivity index (χ0) is 23.2. The van der Waals surface area contributed by atoms with Gasteiger partial charge in [-0.05, 0) is 0 Å². The monoisotopic (exact) mass is 525 g/mol. The summed E-state index contributed by atoms with van der Waals surface area (Å²) in [5.74, 6) is -1.23. The van der Waals surface area contributed by atoms with Crippen molar-refractivity contribution in [1.29, 1.82) is 5.26 Å². The summed E-state index contributed by atoms with van der Waals surface area (Å²) in [6.07, 6.45) is 1.44. The molecule has 0 aliphatic carbocycles. The van der Waals surface area contributed by atoms with E-state index < -0.39 is 31.7 Å². The van der Waals surface area contributed by atoms with E-state index in [4.69, 9.17) is 5.26 Å². The van der Waals surface area contributed by atoms with Crippen LogP contribution in [0.25, 0.3) is 0 Å². The van der Waals surface area contributed by atoms with Crippen molar-refractivity contribution in [1.82, 2.24) is 4.31 Å². The number of benzene rings is 1. The topological polar surface area (TPSA) is 136 Å². The van der Waals surface area contributed by atoms with Crippen molar-refractivity contribution in [3.63, 3.8) is 0 Å². The number of thiophene rings is 1. The predicted molar refractivity (Wildman–Crippen MR) is 118 cm³/mol. The van der Waals surface area contributed by atoms with Crippen LogP contribution in [0.4, 0.5) is 0 Å². The van der Waals surface area contributed by atoms with Crippen LogP contribution in [-0.4, -0.2) is 68.9 Å². The molecular formula is C20H22AsN2O6S2. The summed E-state index contributed by atoms with van der Waals surface area (Å²) in [6.45, 7) is 3.50. The fourth-order valence-electron chi connectivity index (χ4n) is 2.80. The van der Waals surface area contributed by atoms with E-state index in [1.165, 1.54) is 28.6 Å². The third kappa shape index (κ3) is 6.03. The first-order valence-electron chi connectivity index (χ1n) is 9.40. The van der Waals surface area contributed by atoms with E-state index >= 15 is 0 Å². The first-order valence-corrected chi connectivity index (χ1v) is 13.5. The number of aliphatic hydroxyl groups is 1. The molecule has 0 aliphatic rings. The maximum atomic E-state index is 13.1. The van der Waals surface area contributed by atoms with Crippen molar-refractivity contribution in [2.75, 3.05) is 19.7 Å². The van der Waals surface area contributed by atoms with Crippen LogP contribution in [0.5, 0.6) is 0 Å². The molecule has 0 atom stereocenters. The molecule has 0 fully saturated rings. The van der Waals surface area contributed by atoms with Crippen LogP contribution < -0.4 is 4.35 Å². The first kappa shape index (κ1) is 25.2. The maximum absolute atomic E-state index is 13.1. The third-order valence-corrected chi connectivity index (χ3v) is 10.2. The van der Waals surface area contributed by atoms with Gasteiger partial charge in [-0.15, -0.1) is 0 Å². The normalized spacial score (nSPS) is 11.8. The van der Waals surface area contributed by atoms with Gasteiger partial charge in [0.1, 0.15) is 0 Å². The van der Waals surface area contributed by atoms with E-state index in [9.17, 15) is 28.2 Å². The standard InChI is InChI=1S/C20H22AsN2O6S2/c1-3-4-7-23(8-9-24)31(28,29)18-11-17(30-13(18)2)19(25)21-16-6-5-14(12-22)10-15(16)20(26)27/h5-6,10-11,24H,3-4,7-9H2,1-2H3,(H,26,27). The first-order chi connectivity index (χ1) is 14.6. The number of carboxylic acids is 1. The molecule has 0 saturated heterocycles. The van der Waals surface area contributed by atoms with E-state index in [2.05, 4.69) is 0 Å². The Kier molecular flexibility index (Phi) is 8.98. The molecule has 0 aliphatic heterocycles. The average Bonchev–Trinajstić information content (AvgIpc) is 3.13. The Balaban J connectivity index is 2.35. The summed E-state index contributed by atoms with van der Waals surface area (Å²) in [5.41, 5.74) is 0.0911. The Labute approximate surface area is 191 Å². The fraction of sp³-hybridized carbons (Fsp3) is 0.350. The molecule has 1 heterocycles. The predicted octanol–water partition coefficient (Wildman–Crippen LogP) is 1.58. The van der Waals surface area contributed by atoms with Crippen LogP contribution in [-0.2, 0) is 10.0 Å². The summed E-state index contributed by atoms with van der Waals surface area (Å²) in [5, 5.41) is 27.6. The number of hydrogen-bond acceptors (Lipinski definition) is 7.